The first-order valence-corrected chi connectivity index (χ1v) is 9.33. The van der Waals surface area contributed by atoms with Crippen molar-refractivity contribution in [2.24, 2.45) is 0 Å². The van der Waals surface area contributed by atoms with E-state index in [0.717, 1.165) is 22.5 Å². The summed E-state index contributed by atoms with van der Waals surface area (Å²) >= 11 is 0. The number of hydrogen-bond acceptors (Lipinski definition) is 2. The number of aryl methyl sites for hydroxylation is 2. The number of rotatable bonds is 5. The fourth-order valence-corrected chi connectivity index (χ4v) is 3.61. The minimum atomic E-state index is -3.46. The summed E-state index contributed by atoms with van der Waals surface area (Å²) in [5, 5.41) is 0. The lowest BCUT2D eigenvalue weighted by atomic mass is 9.87. The predicted molar refractivity (Wildman–Crippen MR) is 94.3 cm³/mol. The van der Waals surface area contributed by atoms with Gasteiger partial charge in [-0.25, -0.2) is 13.1 Å². The molecule has 4 nitrogen and oxygen atoms in total. The number of aromatic amines is 1. The van der Waals surface area contributed by atoms with Crippen molar-refractivity contribution in [3.8, 4) is 0 Å². The lowest BCUT2D eigenvalue weighted by Crippen LogP contribution is -2.26. The predicted octanol–water partition coefficient (Wildman–Crippen LogP) is 3.45. The van der Waals surface area contributed by atoms with Crippen LogP contribution in [0.1, 0.15) is 43.3 Å². The zero-order valence-electron chi connectivity index (χ0n) is 14.5. The first-order valence-electron chi connectivity index (χ1n) is 7.85. The van der Waals surface area contributed by atoms with Gasteiger partial charge in [0.15, 0.2) is 0 Å². The summed E-state index contributed by atoms with van der Waals surface area (Å²) in [6, 6.07) is 9.17. The first-order chi connectivity index (χ1) is 10.6. The van der Waals surface area contributed by atoms with Crippen molar-refractivity contribution in [3.63, 3.8) is 0 Å². The molecule has 0 aliphatic carbocycles. The minimum Gasteiger partial charge on any atom is -0.362 e. The van der Waals surface area contributed by atoms with Gasteiger partial charge in [-0.1, -0.05) is 32.9 Å². The van der Waals surface area contributed by atoms with E-state index in [-0.39, 0.29) is 5.41 Å². The summed E-state index contributed by atoms with van der Waals surface area (Å²) in [5.74, 6) is 0. The monoisotopic (exact) mass is 334 g/mol. The molecule has 0 atom stereocenters. The van der Waals surface area contributed by atoms with Crippen molar-refractivity contribution < 1.29 is 8.42 Å². The van der Waals surface area contributed by atoms with Crippen LogP contribution in [0.15, 0.2) is 35.2 Å². The number of benzene rings is 1. The standard InChI is InChI=1S/C18H26N2O2S/c1-13-12-15(14(2)20-13)10-11-19-23(21,22)17-8-6-16(7-9-17)18(3,4)5/h6-9,12,19-20H,10-11H2,1-5H3. The topological polar surface area (TPSA) is 62.0 Å². The molecular weight excluding hydrogens is 308 g/mol. The Labute approximate surface area is 139 Å². The molecule has 2 aromatic rings. The molecular formula is C18H26N2O2S. The molecule has 2 N–H and O–H groups in total. The highest BCUT2D eigenvalue weighted by Gasteiger charge is 2.17. The Hall–Kier alpha value is -1.59. The van der Waals surface area contributed by atoms with E-state index in [1.54, 1.807) is 12.1 Å². The molecule has 1 aromatic heterocycles. The smallest absolute Gasteiger partial charge is 0.240 e. The molecule has 0 aliphatic heterocycles. The summed E-state index contributed by atoms with van der Waals surface area (Å²) in [4.78, 5) is 3.54. The van der Waals surface area contributed by atoms with Crippen LogP contribution >= 0.6 is 0 Å². The maximum absolute atomic E-state index is 12.4. The van der Waals surface area contributed by atoms with Crippen LogP contribution < -0.4 is 4.72 Å². The van der Waals surface area contributed by atoms with Gasteiger partial charge in [-0.2, -0.15) is 0 Å². The van der Waals surface area contributed by atoms with Crippen LogP contribution in [0.5, 0.6) is 0 Å². The third-order valence-corrected chi connectivity index (χ3v) is 5.45. The summed E-state index contributed by atoms with van der Waals surface area (Å²) in [5.41, 5.74) is 4.47. The molecule has 0 amide bonds. The van der Waals surface area contributed by atoms with Gasteiger partial charge in [0.1, 0.15) is 0 Å². The van der Waals surface area contributed by atoms with E-state index in [0.29, 0.717) is 17.9 Å². The van der Waals surface area contributed by atoms with Gasteiger partial charge in [0.2, 0.25) is 10.0 Å². The van der Waals surface area contributed by atoms with E-state index in [4.69, 9.17) is 0 Å². The van der Waals surface area contributed by atoms with Gasteiger partial charge in [0, 0.05) is 17.9 Å². The molecule has 0 unspecified atom stereocenters. The molecule has 126 valence electrons. The molecule has 0 aliphatic rings. The van der Waals surface area contributed by atoms with E-state index in [1.165, 1.54) is 0 Å². The number of H-pyrrole nitrogens is 1. The Morgan fingerprint density at radius 1 is 1.09 bits per heavy atom. The highest BCUT2D eigenvalue weighted by molar-refractivity contribution is 7.89. The molecule has 0 bridgehead atoms. The third-order valence-electron chi connectivity index (χ3n) is 3.97. The van der Waals surface area contributed by atoms with Gasteiger partial charge in [0.25, 0.3) is 0 Å². The molecule has 0 saturated heterocycles. The minimum absolute atomic E-state index is 0.0133. The molecule has 0 saturated carbocycles. The zero-order chi connectivity index (χ0) is 17.3. The van der Waals surface area contributed by atoms with E-state index < -0.39 is 10.0 Å². The van der Waals surface area contributed by atoms with Crippen LogP contribution in [0.25, 0.3) is 0 Å². The van der Waals surface area contributed by atoms with E-state index in [9.17, 15) is 8.42 Å². The maximum atomic E-state index is 12.4. The van der Waals surface area contributed by atoms with Crippen LogP contribution in [-0.4, -0.2) is 19.9 Å². The zero-order valence-corrected chi connectivity index (χ0v) is 15.3. The SMILES string of the molecule is Cc1cc(CCNS(=O)(=O)c2ccc(C(C)(C)C)cc2)c(C)[nH]1. The Bertz CT molecular complexity index is 766. The van der Waals surface area contributed by atoms with Gasteiger partial charge in [-0.3, -0.25) is 0 Å². The molecule has 0 radical (unpaired) electrons. The molecule has 2 rings (SSSR count). The molecule has 0 fully saturated rings. The number of aromatic nitrogens is 1. The molecule has 0 spiro atoms. The van der Waals surface area contributed by atoms with Gasteiger partial charge >= 0.3 is 0 Å². The van der Waals surface area contributed by atoms with Crippen LogP contribution in [0.3, 0.4) is 0 Å². The highest BCUT2D eigenvalue weighted by Crippen LogP contribution is 2.23. The lowest BCUT2D eigenvalue weighted by Gasteiger charge is -2.19. The first kappa shape index (κ1) is 17.8. The van der Waals surface area contributed by atoms with E-state index >= 15 is 0 Å². The van der Waals surface area contributed by atoms with Gasteiger partial charge < -0.3 is 4.98 Å². The lowest BCUT2D eigenvalue weighted by molar-refractivity contribution is 0.578. The summed E-state index contributed by atoms with van der Waals surface area (Å²) in [6.07, 6.45) is 0.676. The second-order valence-electron chi connectivity index (χ2n) is 7.02. The average Bonchev–Trinajstić information content (AvgIpc) is 2.76. The van der Waals surface area contributed by atoms with Crippen LogP contribution in [0.4, 0.5) is 0 Å². The number of nitrogens with one attached hydrogen (secondary N) is 2. The summed E-state index contributed by atoms with van der Waals surface area (Å²) < 4.78 is 27.4. The Morgan fingerprint density at radius 2 is 1.70 bits per heavy atom. The Morgan fingerprint density at radius 3 is 2.17 bits per heavy atom. The fourth-order valence-electron chi connectivity index (χ4n) is 2.58. The molecule has 1 aromatic carbocycles. The second kappa shape index (κ2) is 6.49. The van der Waals surface area contributed by atoms with Gasteiger partial charge in [0.05, 0.1) is 4.90 Å². The van der Waals surface area contributed by atoms with Crippen molar-refractivity contribution >= 4 is 10.0 Å². The van der Waals surface area contributed by atoms with Crippen LogP contribution in [0, 0.1) is 13.8 Å². The number of sulfonamides is 1. The Balaban J connectivity index is 2.03. The fraction of sp³-hybridized carbons (Fsp3) is 0.444. The van der Waals surface area contributed by atoms with Gasteiger partial charge in [-0.05, 0) is 55.0 Å². The summed E-state index contributed by atoms with van der Waals surface area (Å²) in [6.45, 7) is 10.7. The molecule has 23 heavy (non-hydrogen) atoms. The van der Waals surface area contributed by atoms with Gasteiger partial charge in [-0.15, -0.1) is 0 Å². The molecule has 1 heterocycles. The maximum Gasteiger partial charge on any atom is 0.240 e. The highest BCUT2D eigenvalue weighted by atomic mass is 32.2. The van der Waals surface area contributed by atoms with Crippen molar-refractivity contribution in [2.75, 3.05) is 6.54 Å². The second-order valence-corrected chi connectivity index (χ2v) is 8.79. The van der Waals surface area contributed by atoms with Crippen molar-refractivity contribution in [2.45, 2.75) is 51.3 Å². The van der Waals surface area contributed by atoms with E-state index in [2.05, 4.69) is 36.5 Å². The van der Waals surface area contributed by atoms with Crippen molar-refractivity contribution in [1.82, 2.24) is 9.71 Å². The summed E-state index contributed by atoms with van der Waals surface area (Å²) in [7, 11) is -3.46. The third kappa shape index (κ3) is 4.45. The quantitative estimate of drug-likeness (QED) is 0.880. The average molecular weight is 334 g/mol. The van der Waals surface area contributed by atoms with Crippen LogP contribution in [-0.2, 0) is 21.9 Å². The largest absolute Gasteiger partial charge is 0.362 e. The van der Waals surface area contributed by atoms with Crippen molar-refractivity contribution in [3.05, 3.63) is 52.8 Å². The van der Waals surface area contributed by atoms with E-state index in [1.807, 2.05) is 26.0 Å². The molecule has 5 heteroatoms. The normalized spacial score (nSPS) is 12.6. The number of hydrogen-bond donors (Lipinski definition) is 2. The van der Waals surface area contributed by atoms with Crippen LogP contribution in [0.2, 0.25) is 0 Å². The van der Waals surface area contributed by atoms with Crippen molar-refractivity contribution in [1.29, 1.82) is 0 Å². The Kier molecular flexibility index (Phi) is 5.01.